The number of hydrogen-bond acceptors (Lipinski definition) is 4. The highest BCUT2D eigenvalue weighted by atomic mass is 16.5. The summed E-state index contributed by atoms with van der Waals surface area (Å²) in [5, 5.41) is 12.8. The second-order valence-corrected chi connectivity index (χ2v) is 6.70. The molecule has 0 atom stereocenters. The summed E-state index contributed by atoms with van der Waals surface area (Å²) in [5.74, 6) is 1.59. The first-order valence-electron chi connectivity index (χ1n) is 9.59. The van der Waals surface area contributed by atoms with Crippen molar-refractivity contribution in [1.29, 1.82) is 0 Å². The van der Waals surface area contributed by atoms with Crippen LogP contribution in [0.1, 0.15) is 23.9 Å². The highest BCUT2D eigenvalue weighted by Crippen LogP contribution is 2.22. The van der Waals surface area contributed by atoms with Gasteiger partial charge in [0.1, 0.15) is 12.1 Å². The zero-order valence-corrected chi connectivity index (χ0v) is 16.8. The van der Waals surface area contributed by atoms with E-state index in [-0.39, 0.29) is 0 Å². The van der Waals surface area contributed by atoms with Crippen molar-refractivity contribution in [3.8, 4) is 22.8 Å². The first kappa shape index (κ1) is 18.7. The number of nitrogens with zero attached hydrogens (tertiary/aromatic N) is 5. The van der Waals surface area contributed by atoms with Crippen molar-refractivity contribution in [2.75, 3.05) is 6.61 Å². The molecule has 0 amide bonds. The average Bonchev–Trinajstić information content (AvgIpc) is 3.32. The number of aromatic nitrogens is 4. The molecule has 0 aliphatic rings. The topological polar surface area (TPSA) is 57.2 Å². The molecule has 2 aromatic heterocycles. The van der Waals surface area contributed by atoms with Gasteiger partial charge in [-0.2, -0.15) is 9.78 Å². The number of benzene rings is 2. The summed E-state index contributed by atoms with van der Waals surface area (Å²) in [6, 6.07) is 20.2. The van der Waals surface area contributed by atoms with Gasteiger partial charge in [-0.3, -0.25) is 0 Å². The lowest BCUT2D eigenvalue weighted by molar-refractivity contribution is 0.340. The van der Waals surface area contributed by atoms with E-state index in [1.807, 2.05) is 55.6 Å². The second kappa shape index (κ2) is 8.14. The highest BCUT2D eigenvalue weighted by Gasteiger charge is 2.10. The molecule has 6 nitrogen and oxygen atoms in total. The van der Waals surface area contributed by atoms with E-state index in [1.54, 1.807) is 11.0 Å². The Balaban J connectivity index is 1.63. The summed E-state index contributed by atoms with van der Waals surface area (Å²) < 4.78 is 9.45. The average molecular weight is 385 g/mol. The Hall–Kier alpha value is -3.67. The van der Waals surface area contributed by atoms with Gasteiger partial charge in [0.15, 0.2) is 5.82 Å². The Morgan fingerprint density at radius 2 is 1.79 bits per heavy atom. The molecule has 0 aliphatic heterocycles. The molecule has 0 N–H and O–H groups in total. The van der Waals surface area contributed by atoms with Gasteiger partial charge in [-0.1, -0.05) is 30.3 Å². The summed E-state index contributed by atoms with van der Waals surface area (Å²) in [7, 11) is 0. The summed E-state index contributed by atoms with van der Waals surface area (Å²) in [6.07, 6.45) is 3.47. The van der Waals surface area contributed by atoms with E-state index in [0.717, 1.165) is 34.0 Å². The summed E-state index contributed by atoms with van der Waals surface area (Å²) in [4.78, 5) is 0. The maximum atomic E-state index is 5.54. The third-order valence-electron chi connectivity index (χ3n) is 4.76. The van der Waals surface area contributed by atoms with Crippen LogP contribution in [0.2, 0.25) is 0 Å². The maximum absolute atomic E-state index is 5.54. The fourth-order valence-electron chi connectivity index (χ4n) is 3.39. The predicted octanol–water partition coefficient (Wildman–Crippen LogP) is 4.63. The van der Waals surface area contributed by atoms with Gasteiger partial charge in [0.25, 0.3) is 0 Å². The van der Waals surface area contributed by atoms with Crippen molar-refractivity contribution in [2.45, 2.75) is 20.8 Å². The van der Waals surface area contributed by atoms with Crippen LogP contribution in [-0.4, -0.2) is 32.3 Å². The minimum absolute atomic E-state index is 0.662. The van der Waals surface area contributed by atoms with Gasteiger partial charge in [0, 0.05) is 28.2 Å². The summed E-state index contributed by atoms with van der Waals surface area (Å²) in [6.45, 7) is 6.83. The molecule has 0 bridgehead atoms. The molecule has 29 heavy (non-hydrogen) atoms. The van der Waals surface area contributed by atoms with E-state index in [4.69, 9.17) is 4.74 Å². The first-order valence-corrected chi connectivity index (χ1v) is 9.59. The van der Waals surface area contributed by atoms with Gasteiger partial charge in [0.2, 0.25) is 0 Å². The third-order valence-corrected chi connectivity index (χ3v) is 4.76. The van der Waals surface area contributed by atoms with Crippen LogP contribution >= 0.6 is 0 Å². The van der Waals surface area contributed by atoms with Crippen LogP contribution in [-0.2, 0) is 0 Å². The Morgan fingerprint density at radius 1 is 1.03 bits per heavy atom. The standard InChI is InChI=1S/C23H23N5O/c1-4-29-22-12-10-21(11-13-22)28-17(2)14-20(18(28)3)15-25-27-16-24-26-23(27)19-8-6-5-7-9-19/h5-16H,4H2,1-3H3/b25-15-. The Labute approximate surface area is 170 Å². The van der Waals surface area contributed by atoms with Crippen molar-refractivity contribution in [3.05, 3.63) is 83.9 Å². The molecule has 0 fully saturated rings. The van der Waals surface area contributed by atoms with Crippen molar-refractivity contribution >= 4 is 6.21 Å². The molecule has 4 rings (SSSR count). The number of rotatable bonds is 6. The van der Waals surface area contributed by atoms with Crippen LogP contribution in [0.3, 0.4) is 0 Å². The second-order valence-electron chi connectivity index (χ2n) is 6.70. The molecule has 6 heteroatoms. The number of hydrogen-bond donors (Lipinski definition) is 0. The zero-order chi connectivity index (χ0) is 20.2. The van der Waals surface area contributed by atoms with Gasteiger partial charge < -0.3 is 9.30 Å². The molecule has 0 saturated carbocycles. The van der Waals surface area contributed by atoms with Crippen LogP contribution in [0.15, 0.2) is 72.1 Å². The normalized spacial score (nSPS) is 11.3. The van der Waals surface area contributed by atoms with Gasteiger partial charge in [-0.05, 0) is 51.1 Å². The molecular formula is C23H23N5O. The molecule has 0 radical (unpaired) electrons. The molecule has 0 saturated heterocycles. The SMILES string of the molecule is CCOc1ccc(-n2c(C)cc(/C=N\n3cnnc3-c3ccccc3)c2C)cc1. The van der Waals surface area contributed by atoms with E-state index in [1.165, 1.54) is 0 Å². The minimum Gasteiger partial charge on any atom is -0.494 e. The van der Waals surface area contributed by atoms with Crippen molar-refractivity contribution < 1.29 is 4.74 Å². The fourth-order valence-corrected chi connectivity index (χ4v) is 3.39. The van der Waals surface area contributed by atoms with Gasteiger partial charge >= 0.3 is 0 Å². The lowest BCUT2D eigenvalue weighted by Gasteiger charge is -2.11. The fraction of sp³-hybridized carbons (Fsp3) is 0.174. The molecule has 0 aliphatic carbocycles. The van der Waals surface area contributed by atoms with Gasteiger partial charge in [-0.25, -0.2) is 0 Å². The Morgan fingerprint density at radius 3 is 2.52 bits per heavy atom. The van der Waals surface area contributed by atoms with E-state index < -0.39 is 0 Å². The van der Waals surface area contributed by atoms with E-state index in [9.17, 15) is 0 Å². The van der Waals surface area contributed by atoms with E-state index in [0.29, 0.717) is 12.4 Å². The summed E-state index contributed by atoms with van der Waals surface area (Å²) >= 11 is 0. The monoisotopic (exact) mass is 385 g/mol. The third kappa shape index (κ3) is 3.82. The lowest BCUT2D eigenvalue weighted by Crippen LogP contribution is -2.00. The molecule has 2 aromatic carbocycles. The van der Waals surface area contributed by atoms with E-state index >= 15 is 0 Å². The molecule has 146 valence electrons. The van der Waals surface area contributed by atoms with Crippen LogP contribution in [0.5, 0.6) is 5.75 Å². The van der Waals surface area contributed by atoms with Crippen molar-refractivity contribution in [2.24, 2.45) is 5.10 Å². The quantitative estimate of drug-likeness (QED) is 0.455. The number of aryl methyl sites for hydroxylation is 1. The van der Waals surface area contributed by atoms with Crippen LogP contribution in [0, 0.1) is 13.8 Å². The molecule has 2 heterocycles. The smallest absolute Gasteiger partial charge is 0.184 e. The van der Waals surface area contributed by atoms with Gasteiger partial charge in [-0.15, -0.1) is 10.2 Å². The van der Waals surface area contributed by atoms with Gasteiger partial charge in [0.05, 0.1) is 12.8 Å². The van der Waals surface area contributed by atoms with E-state index in [2.05, 4.69) is 51.9 Å². The van der Waals surface area contributed by atoms with Crippen LogP contribution in [0.25, 0.3) is 17.1 Å². The first-order chi connectivity index (χ1) is 14.2. The molecular weight excluding hydrogens is 362 g/mol. The van der Waals surface area contributed by atoms with Crippen LogP contribution in [0.4, 0.5) is 0 Å². The number of ether oxygens (including phenoxy) is 1. The largest absolute Gasteiger partial charge is 0.494 e. The predicted molar refractivity (Wildman–Crippen MR) is 115 cm³/mol. The molecule has 0 spiro atoms. The zero-order valence-electron chi connectivity index (χ0n) is 16.8. The van der Waals surface area contributed by atoms with Crippen molar-refractivity contribution in [3.63, 3.8) is 0 Å². The van der Waals surface area contributed by atoms with Crippen LogP contribution < -0.4 is 4.74 Å². The minimum atomic E-state index is 0.662. The van der Waals surface area contributed by atoms with Crippen molar-refractivity contribution in [1.82, 2.24) is 19.4 Å². The lowest BCUT2D eigenvalue weighted by atomic mass is 10.2. The summed E-state index contributed by atoms with van der Waals surface area (Å²) in [5.41, 5.74) is 5.37. The molecule has 4 aromatic rings. The maximum Gasteiger partial charge on any atom is 0.184 e. The Kier molecular flexibility index (Phi) is 5.24. The molecule has 0 unspecified atom stereocenters. The highest BCUT2D eigenvalue weighted by molar-refractivity contribution is 5.82. The Bertz CT molecular complexity index is 1120.